The van der Waals surface area contributed by atoms with Crippen LogP contribution in [0, 0.1) is 0 Å². The van der Waals surface area contributed by atoms with Crippen LogP contribution >= 0.6 is 0 Å². The van der Waals surface area contributed by atoms with E-state index in [9.17, 15) is 15.0 Å². The van der Waals surface area contributed by atoms with Crippen LogP contribution in [0.2, 0.25) is 0 Å². The van der Waals surface area contributed by atoms with Crippen LogP contribution in [0.5, 0.6) is 11.8 Å². The molecule has 4 rings (SSSR count). The Morgan fingerprint density at radius 2 is 2.04 bits per heavy atom. The first-order valence-electron chi connectivity index (χ1n) is 7.39. The second-order valence-electron chi connectivity index (χ2n) is 5.47. The van der Waals surface area contributed by atoms with Gasteiger partial charge in [-0.05, 0) is 28.8 Å². The Kier molecular flexibility index (Phi) is 3.19. The molecule has 7 nitrogen and oxygen atoms in total. The van der Waals surface area contributed by atoms with E-state index in [4.69, 9.17) is 4.84 Å². The van der Waals surface area contributed by atoms with E-state index >= 15 is 0 Å². The summed E-state index contributed by atoms with van der Waals surface area (Å²) in [5.41, 5.74) is 2.78. The Bertz CT molecular complexity index is 1010. The van der Waals surface area contributed by atoms with Crippen LogP contribution < -0.4 is 15.3 Å². The lowest BCUT2D eigenvalue weighted by atomic mass is 10.0. The fourth-order valence-corrected chi connectivity index (χ4v) is 2.86. The first-order chi connectivity index (χ1) is 11.6. The predicted molar refractivity (Wildman–Crippen MR) is 85.8 cm³/mol. The van der Waals surface area contributed by atoms with Gasteiger partial charge in [-0.2, -0.15) is 10.2 Å². The Morgan fingerprint density at radius 1 is 1.25 bits per heavy atom. The third-order valence-corrected chi connectivity index (χ3v) is 3.97. The van der Waals surface area contributed by atoms with Gasteiger partial charge in [0.05, 0.1) is 18.3 Å². The van der Waals surface area contributed by atoms with Crippen molar-refractivity contribution in [1.29, 1.82) is 0 Å². The van der Waals surface area contributed by atoms with Gasteiger partial charge in [-0.15, -0.1) is 4.73 Å². The Balaban J connectivity index is 1.57. The van der Waals surface area contributed by atoms with Crippen molar-refractivity contribution in [3.63, 3.8) is 0 Å². The summed E-state index contributed by atoms with van der Waals surface area (Å²) in [5.74, 6) is -1.26. The van der Waals surface area contributed by atoms with E-state index in [1.165, 1.54) is 12.1 Å². The van der Waals surface area contributed by atoms with Crippen molar-refractivity contribution >= 4 is 30.0 Å². The Hall–Kier alpha value is -3.35. The maximum atomic E-state index is 12.0. The molecule has 0 amide bonds. The molecular formula is C17H13N3O4. The van der Waals surface area contributed by atoms with E-state index in [2.05, 4.69) is 10.2 Å². The highest BCUT2D eigenvalue weighted by Crippen LogP contribution is 2.21. The molecule has 1 aliphatic carbocycles. The van der Waals surface area contributed by atoms with Gasteiger partial charge in [0, 0.05) is 17.4 Å². The molecule has 0 unspecified atom stereocenters. The van der Waals surface area contributed by atoms with Gasteiger partial charge < -0.3 is 15.1 Å². The number of nitrogens with zero attached hydrogens (tertiary/aromatic N) is 3. The molecule has 2 aromatic rings. The summed E-state index contributed by atoms with van der Waals surface area (Å²) >= 11 is 0. The molecule has 1 aromatic carbocycles. The quantitative estimate of drug-likeness (QED) is 0.881. The molecule has 2 aliphatic rings. The summed E-state index contributed by atoms with van der Waals surface area (Å²) in [6, 6.07) is 4.48. The van der Waals surface area contributed by atoms with Crippen molar-refractivity contribution in [1.82, 2.24) is 4.73 Å². The minimum absolute atomic E-state index is 0.0727. The van der Waals surface area contributed by atoms with E-state index in [-0.39, 0.29) is 18.2 Å². The van der Waals surface area contributed by atoms with Crippen LogP contribution in [-0.4, -0.2) is 20.9 Å². The van der Waals surface area contributed by atoms with Crippen LogP contribution in [0.4, 0.5) is 5.69 Å². The summed E-state index contributed by atoms with van der Waals surface area (Å²) in [6.07, 6.45) is 8.11. The van der Waals surface area contributed by atoms with Crippen molar-refractivity contribution in [2.45, 2.75) is 12.8 Å². The number of allylic oxidation sites excluding steroid dienone is 1. The molecule has 0 radical (unpaired) electrons. The zero-order valence-corrected chi connectivity index (χ0v) is 12.5. The van der Waals surface area contributed by atoms with E-state index < -0.39 is 5.97 Å². The molecule has 2 heterocycles. The number of aromatic hydroxyl groups is 2. The second-order valence-corrected chi connectivity index (χ2v) is 5.47. The van der Waals surface area contributed by atoms with Crippen molar-refractivity contribution in [2.75, 3.05) is 0 Å². The maximum absolute atomic E-state index is 12.0. The van der Waals surface area contributed by atoms with Gasteiger partial charge in [0.2, 0.25) is 11.8 Å². The summed E-state index contributed by atoms with van der Waals surface area (Å²) in [5, 5.41) is 29.0. The largest absolute Gasteiger partial charge is 0.492 e. The van der Waals surface area contributed by atoms with Crippen molar-refractivity contribution in [3.8, 4) is 11.8 Å². The van der Waals surface area contributed by atoms with Crippen LogP contribution in [-0.2, 0) is 11.2 Å². The number of benzene rings is 1. The lowest BCUT2D eigenvalue weighted by molar-refractivity contribution is -0.145. The van der Waals surface area contributed by atoms with Crippen LogP contribution in [0.15, 0.2) is 34.5 Å². The number of aromatic nitrogens is 1. The number of carbonyl (C=O) groups is 1. The highest BCUT2D eigenvalue weighted by Gasteiger charge is 2.17. The number of rotatable bonds is 4. The first-order valence-corrected chi connectivity index (χ1v) is 7.39. The average Bonchev–Trinajstić information content (AvgIpc) is 3.27. The van der Waals surface area contributed by atoms with Crippen LogP contribution in [0.3, 0.4) is 0 Å². The monoisotopic (exact) mass is 323 g/mol. The Morgan fingerprint density at radius 3 is 2.83 bits per heavy atom. The summed E-state index contributed by atoms with van der Waals surface area (Å²) < 4.78 is 0.684. The Labute approximate surface area is 136 Å². The van der Waals surface area contributed by atoms with Gasteiger partial charge >= 0.3 is 5.97 Å². The number of azo groups is 1. The smallest absolute Gasteiger partial charge is 0.333 e. The molecular weight excluding hydrogens is 310 g/mol. The topological polar surface area (TPSA) is 96.4 Å². The molecule has 24 heavy (non-hydrogen) atoms. The lowest BCUT2D eigenvalue weighted by Crippen LogP contribution is -2.22. The van der Waals surface area contributed by atoms with Gasteiger partial charge in [-0.3, -0.25) is 0 Å². The van der Waals surface area contributed by atoms with Crippen molar-refractivity contribution < 1.29 is 19.8 Å². The van der Waals surface area contributed by atoms with E-state index in [1.54, 1.807) is 6.20 Å². The molecule has 1 aromatic heterocycles. The fraction of sp³-hybridized carbons (Fsp3) is 0.118. The summed E-state index contributed by atoms with van der Waals surface area (Å²) in [4.78, 5) is 17.0. The third-order valence-electron chi connectivity index (χ3n) is 3.97. The zero-order valence-electron chi connectivity index (χ0n) is 12.5. The summed E-state index contributed by atoms with van der Waals surface area (Å²) in [6.45, 7) is 0. The van der Waals surface area contributed by atoms with Crippen LogP contribution in [0.25, 0.3) is 18.4 Å². The zero-order chi connectivity index (χ0) is 16.7. The maximum Gasteiger partial charge on any atom is 0.333 e. The number of hydrogen-bond acceptors (Lipinski definition) is 6. The predicted octanol–water partition coefficient (Wildman–Crippen LogP) is 1.13. The minimum Gasteiger partial charge on any atom is -0.492 e. The normalized spacial score (nSPS) is 13.3. The SMILES string of the molecule is O=C(CCc1c2c(cc3c1=CC=C3)=CN=N2)On1c(O)ccc1O. The van der Waals surface area contributed by atoms with Gasteiger partial charge in [-0.25, -0.2) is 4.79 Å². The molecule has 0 atom stereocenters. The van der Waals surface area contributed by atoms with Crippen molar-refractivity contribution in [2.24, 2.45) is 10.2 Å². The van der Waals surface area contributed by atoms with Crippen LogP contribution in [0.1, 0.15) is 17.5 Å². The molecule has 1 aliphatic heterocycles. The molecule has 2 N–H and O–H groups in total. The highest BCUT2D eigenvalue weighted by atomic mass is 16.7. The van der Waals surface area contributed by atoms with E-state index in [1.807, 2.05) is 24.3 Å². The molecule has 7 heteroatoms. The van der Waals surface area contributed by atoms with Gasteiger partial charge in [-0.1, -0.05) is 18.2 Å². The average molecular weight is 323 g/mol. The molecule has 120 valence electrons. The minimum atomic E-state index is -0.576. The van der Waals surface area contributed by atoms with Gasteiger partial charge in [0.15, 0.2) is 0 Å². The molecule has 0 spiro atoms. The number of fused-ring (bicyclic) bond motifs is 2. The van der Waals surface area contributed by atoms with Gasteiger partial charge in [0.1, 0.15) is 0 Å². The van der Waals surface area contributed by atoms with E-state index in [0.29, 0.717) is 11.2 Å². The highest BCUT2D eigenvalue weighted by molar-refractivity contribution is 5.74. The standard InChI is InChI=1S/C17H13N3O4/c21-14-5-6-15(22)20(14)24-16(23)7-4-13-12-3-1-2-10(12)8-11-9-18-19-17(11)13/h1-3,5-6,8-9,21-22H,4,7H2. The molecule has 0 saturated carbocycles. The molecule has 0 saturated heterocycles. The van der Waals surface area contributed by atoms with Gasteiger partial charge in [0.25, 0.3) is 0 Å². The molecule has 0 fully saturated rings. The van der Waals surface area contributed by atoms with E-state index in [0.717, 1.165) is 27.3 Å². The first kappa shape index (κ1) is 14.3. The fourth-order valence-electron chi connectivity index (χ4n) is 2.86. The lowest BCUT2D eigenvalue weighted by Gasteiger charge is -2.09. The number of hydrogen-bond donors (Lipinski definition) is 2. The number of carbonyl (C=O) groups excluding carboxylic acids is 1. The third kappa shape index (κ3) is 2.26. The second kappa shape index (κ2) is 5.38. The molecule has 0 bridgehead atoms. The van der Waals surface area contributed by atoms with Crippen molar-refractivity contribution in [3.05, 3.63) is 45.8 Å². The summed E-state index contributed by atoms with van der Waals surface area (Å²) in [7, 11) is 0.